The molecular formula is C16H19BrINS. The lowest BCUT2D eigenvalue weighted by molar-refractivity contribution is 0.536. The topological polar surface area (TPSA) is 12.0 Å². The minimum Gasteiger partial charge on any atom is -0.309 e. The van der Waals surface area contributed by atoms with Gasteiger partial charge in [0.15, 0.2) is 0 Å². The quantitative estimate of drug-likeness (QED) is 0.541. The van der Waals surface area contributed by atoms with E-state index in [1.54, 1.807) is 0 Å². The van der Waals surface area contributed by atoms with Gasteiger partial charge in [-0.25, -0.2) is 0 Å². The normalized spacial score (nSPS) is 12.6. The van der Waals surface area contributed by atoms with Crippen molar-refractivity contribution < 1.29 is 0 Å². The SMILES string of the molecule is CCCNC(Cc1ccc(I)cc1)c1cc(C)c(Br)s1. The van der Waals surface area contributed by atoms with Crippen molar-refractivity contribution in [1.29, 1.82) is 0 Å². The molecule has 1 N–H and O–H groups in total. The molecule has 1 unspecified atom stereocenters. The molecular weight excluding hydrogens is 445 g/mol. The van der Waals surface area contributed by atoms with Gasteiger partial charge in [0.25, 0.3) is 0 Å². The number of thiophene rings is 1. The Morgan fingerprint density at radius 3 is 2.55 bits per heavy atom. The van der Waals surface area contributed by atoms with Crippen LogP contribution in [-0.2, 0) is 6.42 Å². The van der Waals surface area contributed by atoms with Crippen LogP contribution in [-0.4, -0.2) is 6.54 Å². The van der Waals surface area contributed by atoms with Gasteiger partial charge in [-0.15, -0.1) is 11.3 Å². The first-order chi connectivity index (χ1) is 9.60. The summed E-state index contributed by atoms with van der Waals surface area (Å²) in [6.07, 6.45) is 2.21. The molecule has 1 atom stereocenters. The monoisotopic (exact) mass is 463 g/mol. The van der Waals surface area contributed by atoms with Gasteiger partial charge in [0, 0.05) is 14.5 Å². The zero-order valence-electron chi connectivity index (χ0n) is 11.7. The van der Waals surface area contributed by atoms with Gasteiger partial charge in [0.1, 0.15) is 0 Å². The van der Waals surface area contributed by atoms with E-state index in [1.807, 2.05) is 11.3 Å². The zero-order valence-corrected chi connectivity index (χ0v) is 16.3. The van der Waals surface area contributed by atoms with Crippen LogP contribution in [0.15, 0.2) is 34.1 Å². The number of nitrogens with one attached hydrogen (secondary N) is 1. The Labute approximate surface area is 147 Å². The van der Waals surface area contributed by atoms with Crippen LogP contribution < -0.4 is 5.32 Å². The average Bonchev–Trinajstić information content (AvgIpc) is 2.77. The molecule has 20 heavy (non-hydrogen) atoms. The minimum absolute atomic E-state index is 0.407. The molecule has 0 radical (unpaired) electrons. The lowest BCUT2D eigenvalue weighted by Crippen LogP contribution is -2.23. The van der Waals surface area contributed by atoms with Crippen molar-refractivity contribution in [3.05, 3.63) is 53.7 Å². The van der Waals surface area contributed by atoms with Crippen molar-refractivity contribution in [3.8, 4) is 0 Å². The summed E-state index contributed by atoms with van der Waals surface area (Å²) in [5.41, 5.74) is 2.72. The maximum absolute atomic E-state index is 3.68. The maximum atomic E-state index is 3.68. The van der Waals surface area contributed by atoms with Crippen molar-refractivity contribution in [1.82, 2.24) is 5.32 Å². The van der Waals surface area contributed by atoms with Gasteiger partial charge >= 0.3 is 0 Å². The molecule has 2 aromatic rings. The second kappa shape index (κ2) is 7.92. The Balaban J connectivity index is 2.16. The predicted octanol–water partition coefficient (Wildman–Crippen LogP) is 5.71. The summed E-state index contributed by atoms with van der Waals surface area (Å²) in [7, 11) is 0. The minimum atomic E-state index is 0.407. The summed E-state index contributed by atoms with van der Waals surface area (Å²) < 4.78 is 2.54. The summed E-state index contributed by atoms with van der Waals surface area (Å²) in [5.74, 6) is 0. The highest BCUT2D eigenvalue weighted by Gasteiger charge is 2.15. The fourth-order valence-corrected chi connectivity index (χ4v) is 4.11. The third-order valence-corrected chi connectivity index (χ3v) is 6.18. The summed E-state index contributed by atoms with van der Waals surface area (Å²) >= 11 is 7.84. The molecule has 1 heterocycles. The Hall–Kier alpha value is 0.0900. The van der Waals surface area contributed by atoms with Crippen LogP contribution in [0.25, 0.3) is 0 Å². The molecule has 0 aliphatic carbocycles. The van der Waals surface area contributed by atoms with Gasteiger partial charge in [0.05, 0.1) is 3.79 Å². The van der Waals surface area contributed by atoms with E-state index in [0.29, 0.717) is 6.04 Å². The van der Waals surface area contributed by atoms with Crippen LogP contribution in [0.2, 0.25) is 0 Å². The smallest absolute Gasteiger partial charge is 0.0731 e. The standard InChI is InChI=1S/C16H19BrINS/c1-3-8-19-14(15-9-11(2)16(17)20-15)10-12-4-6-13(18)7-5-12/h4-7,9,14,19H,3,8,10H2,1-2H3. The van der Waals surface area contributed by atoms with Gasteiger partial charge < -0.3 is 5.32 Å². The van der Waals surface area contributed by atoms with E-state index in [1.165, 1.54) is 23.4 Å². The second-order valence-corrected chi connectivity index (χ2v) is 8.59. The Bertz CT molecular complexity index is 531. The fourth-order valence-electron chi connectivity index (χ4n) is 2.10. The first kappa shape index (κ1) is 16.5. The maximum Gasteiger partial charge on any atom is 0.0731 e. The first-order valence-corrected chi connectivity index (χ1v) is 9.52. The molecule has 0 aliphatic rings. The van der Waals surface area contributed by atoms with E-state index in [4.69, 9.17) is 0 Å². The predicted molar refractivity (Wildman–Crippen MR) is 101 cm³/mol. The highest BCUT2D eigenvalue weighted by Crippen LogP contribution is 2.33. The second-order valence-electron chi connectivity index (χ2n) is 4.94. The average molecular weight is 464 g/mol. The number of halogens is 2. The number of rotatable bonds is 6. The highest BCUT2D eigenvalue weighted by molar-refractivity contribution is 14.1. The molecule has 1 nitrogen and oxygen atoms in total. The van der Waals surface area contributed by atoms with E-state index < -0.39 is 0 Å². The van der Waals surface area contributed by atoms with Gasteiger partial charge in [-0.2, -0.15) is 0 Å². The van der Waals surface area contributed by atoms with Crippen LogP contribution in [0.4, 0.5) is 0 Å². The molecule has 4 heteroatoms. The van der Waals surface area contributed by atoms with Gasteiger partial charge in [-0.3, -0.25) is 0 Å². The lowest BCUT2D eigenvalue weighted by atomic mass is 10.0. The number of aryl methyl sites for hydroxylation is 1. The molecule has 1 aromatic heterocycles. The lowest BCUT2D eigenvalue weighted by Gasteiger charge is -2.17. The summed E-state index contributed by atoms with van der Waals surface area (Å²) in [4.78, 5) is 1.42. The van der Waals surface area contributed by atoms with Crippen molar-refractivity contribution in [3.63, 3.8) is 0 Å². The summed E-state index contributed by atoms with van der Waals surface area (Å²) in [5, 5.41) is 3.68. The van der Waals surface area contributed by atoms with E-state index in [9.17, 15) is 0 Å². The Morgan fingerprint density at radius 1 is 1.30 bits per heavy atom. The van der Waals surface area contributed by atoms with Crippen LogP contribution in [0.5, 0.6) is 0 Å². The van der Waals surface area contributed by atoms with Crippen molar-refractivity contribution in [2.45, 2.75) is 32.7 Å². The van der Waals surface area contributed by atoms with E-state index in [-0.39, 0.29) is 0 Å². The molecule has 1 aromatic carbocycles. The van der Waals surface area contributed by atoms with Gasteiger partial charge in [-0.05, 0) is 94.2 Å². The summed E-state index contributed by atoms with van der Waals surface area (Å²) in [6, 6.07) is 11.5. The van der Waals surface area contributed by atoms with Crippen molar-refractivity contribution >= 4 is 49.9 Å². The number of benzene rings is 1. The molecule has 0 saturated carbocycles. The van der Waals surface area contributed by atoms with E-state index in [2.05, 4.69) is 88.0 Å². The molecule has 2 rings (SSSR count). The van der Waals surface area contributed by atoms with Crippen LogP contribution in [0.1, 0.15) is 35.4 Å². The molecule has 0 spiro atoms. The molecule has 0 bridgehead atoms. The first-order valence-electron chi connectivity index (χ1n) is 6.83. The fraction of sp³-hybridized carbons (Fsp3) is 0.375. The molecule has 108 valence electrons. The van der Waals surface area contributed by atoms with Crippen molar-refractivity contribution in [2.75, 3.05) is 6.54 Å². The Morgan fingerprint density at radius 2 is 2.00 bits per heavy atom. The van der Waals surface area contributed by atoms with Crippen LogP contribution in [0.3, 0.4) is 0 Å². The molecule has 0 saturated heterocycles. The van der Waals surface area contributed by atoms with E-state index >= 15 is 0 Å². The van der Waals surface area contributed by atoms with E-state index in [0.717, 1.165) is 19.4 Å². The van der Waals surface area contributed by atoms with Crippen LogP contribution >= 0.6 is 49.9 Å². The molecule has 0 amide bonds. The zero-order chi connectivity index (χ0) is 14.5. The molecule has 0 aliphatic heterocycles. The number of hydrogen-bond acceptors (Lipinski definition) is 2. The Kier molecular flexibility index (Phi) is 6.52. The third kappa shape index (κ3) is 4.55. The molecule has 0 fully saturated rings. The van der Waals surface area contributed by atoms with Crippen LogP contribution in [0, 0.1) is 10.5 Å². The summed E-state index contributed by atoms with van der Waals surface area (Å²) in [6.45, 7) is 5.43. The van der Waals surface area contributed by atoms with Crippen molar-refractivity contribution in [2.24, 2.45) is 0 Å². The largest absolute Gasteiger partial charge is 0.309 e. The van der Waals surface area contributed by atoms with Gasteiger partial charge in [-0.1, -0.05) is 19.1 Å². The van der Waals surface area contributed by atoms with Gasteiger partial charge in [0.2, 0.25) is 0 Å². The third-order valence-electron chi connectivity index (χ3n) is 3.21. The number of hydrogen-bond donors (Lipinski definition) is 1. The highest BCUT2D eigenvalue weighted by atomic mass is 127.